The fourth-order valence-corrected chi connectivity index (χ4v) is 4.52. The zero-order valence-electron chi connectivity index (χ0n) is 15.0. The average Bonchev–Trinajstić information content (AvgIpc) is 3.01. The number of para-hydroxylation sites is 2. The number of hydrogen-bond donors (Lipinski definition) is 0. The minimum absolute atomic E-state index is 1.12. The molecule has 0 atom stereocenters. The molecular weight excluding hydrogens is 394 g/mol. The van der Waals surface area contributed by atoms with Crippen LogP contribution in [-0.2, 0) is 0 Å². The van der Waals surface area contributed by atoms with Crippen molar-refractivity contribution in [2.45, 2.75) is 6.92 Å². The third-order valence-corrected chi connectivity index (χ3v) is 5.52. The van der Waals surface area contributed by atoms with Crippen LogP contribution in [0, 0.1) is 6.92 Å². The van der Waals surface area contributed by atoms with Crippen LogP contribution in [0.4, 0.5) is 0 Å². The molecule has 27 heavy (non-hydrogen) atoms. The predicted molar refractivity (Wildman–Crippen MR) is 119 cm³/mol. The Morgan fingerprint density at radius 2 is 1.37 bits per heavy atom. The quantitative estimate of drug-likeness (QED) is 0.283. The Morgan fingerprint density at radius 1 is 0.630 bits per heavy atom. The maximum Gasteiger partial charge on any atom is 0.0541 e. The van der Waals surface area contributed by atoms with Crippen molar-refractivity contribution in [3.05, 3.63) is 101 Å². The molecule has 0 radical (unpaired) electrons. The summed E-state index contributed by atoms with van der Waals surface area (Å²) in [5.74, 6) is 0. The highest BCUT2D eigenvalue weighted by molar-refractivity contribution is 9.10. The Labute approximate surface area is 167 Å². The van der Waals surface area contributed by atoms with Crippen molar-refractivity contribution in [3.8, 4) is 16.8 Å². The first-order valence-electron chi connectivity index (χ1n) is 9.07. The molecule has 0 aliphatic carbocycles. The van der Waals surface area contributed by atoms with E-state index >= 15 is 0 Å². The van der Waals surface area contributed by atoms with E-state index in [2.05, 4.69) is 118 Å². The van der Waals surface area contributed by atoms with E-state index in [1.807, 2.05) is 0 Å². The molecule has 0 bridgehead atoms. The minimum atomic E-state index is 1.12. The Bertz CT molecular complexity index is 1260. The number of fused-ring (bicyclic) bond motifs is 3. The SMILES string of the molecule is Cc1cc(Br)cc(-c2ccc3c(c2)c2ccccc2n3-c2ccccc2)c1. The van der Waals surface area contributed by atoms with Crippen molar-refractivity contribution in [1.29, 1.82) is 0 Å². The van der Waals surface area contributed by atoms with Crippen molar-refractivity contribution in [2.75, 3.05) is 0 Å². The van der Waals surface area contributed by atoms with Crippen molar-refractivity contribution >= 4 is 37.7 Å². The van der Waals surface area contributed by atoms with Crippen LogP contribution < -0.4 is 0 Å². The summed E-state index contributed by atoms with van der Waals surface area (Å²) in [7, 11) is 0. The highest BCUT2D eigenvalue weighted by Crippen LogP contribution is 2.35. The number of aromatic nitrogens is 1. The summed E-state index contributed by atoms with van der Waals surface area (Å²) in [6, 6.07) is 32.6. The Morgan fingerprint density at radius 3 is 2.19 bits per heavy atom. The summed E-state index contributed by atoms with van der Waals surface area (Å²) in [5.41, 5.74) is 7.39. The lowest BCUT2D eigenvalue weighted by Crippen LogP contribution is -1.92. The van der Waals surface area contributed by atoms with Crippen LogP contribution in [0.2, 0.25) is 0 Å². The smallest absolute Gasteiger partial charge is 0.0541 e. The van der Waals surface area contributed by atoms with Gasteiger partial charge in [0, 0.05) is 20.9 Å². The van der Waals surface area contributed by atoms with Gasteiger partial charge in [0.15, 0.2) is 0 Å². The Balaban J connectivity index is 1.83. The lowest BCUT2D eigenvalue weighted by Gasteiger charge is -2.08. The summed E-state index contributed by atoms with van der Waals surface area (Å²) in [6.45, 7) is 2.13. The Kier molecular flexibility index (Phi) is 3.87. The van der Waals surface area contributed by atoms with E-state index in [1.54, 1.807) is 0 Å². The molecule has 5 aromatic rings. The van der Waals surface area contributed by atoms with E-state index in [1.165, 1.54) is 44.2 Å². The molecule has 0 amide bonds. The van der Waals surface area contributed by atoms with Gasteiger partial charge in [-0.05, 0) is 66.1 Å². The third-order valence-electron chi connectivity index (χ3n) is 5.06. The summed E-state index contributed by atoms with van der Waals surface area (Å²) in [4.78, 5) is 0. The second kappa shape index (κ2) is 6.40. The normalized spacial score (nSPS) is 11.3. The molecule has 1 heterocycles. The van der Waals surface area contributed by atoms with Gasteiger partial charge < -0.3 is 4.57 Å². The molecule has 0 unspecified atom stereocenters. The van der Waals surface area contributed by atoms with Gasteiger partial charge in [-0.3, -0.25) is 0 Å². The molecule has 130 valence electrons. The van der Waals surface area contributed by atoms with Gasteiger partial charge >= 0.3 is 0 Å². The second-order valence-electron chi connectivity index (χ2n) is 6.94. The summed E-state index contributed by atoms with van der Waals surface area (Å²) in [6.07, 6.45) is 0. The molecular formula is C25H18BrN. The van der Waals surface area contributed by atoms with Gasteiger partial charge in [0.25, 0.3) is 0 Å². The highest BCUT2D eigenvalue weighted by atomic mass is 79.9. The molecule has 2 heteroatoms. The zero-order valence-corrected chi connectivity index (χ0v) is 16.6. The van der Waals surface area contributed by atoms with Crippen LogP contribution in [-0.4, -0.2) is 4.57 Å². The maximum absolute atomic E-state index is 3.63. The van der Waals surface area contributed by atoms with Crippen LogP contribution in [0.1, 0.15) is 5.56 Å². The molecule has 0 N–H and O–H groups in total. The molecule has 0 spiro atoms. The first kappa shape index (κ1) is 16.3. The summed E-state index contributed by atoms with van der Waals surface area (Å²) < 4.78 is 3.46. The van der Waals surface area contributed by atoms with Gasteiger partial charge in [-0.25, -0.2) is 0 Å². The minimum Gasteiger partial charge on any atom is -0.309 e. The molecule has 4 aromatic carbocycles. The summed E-state index contributed by atoms with van der Waals surface area (Å²) in [5, 5.41) is 2.56. The monoisotopic (exact) mass is 411 g/mol. The maximum atomic E-state index is 3.63. The van der Waals surface area contributed by atoms with Crippen molar-refractivity contribution in [2.24, 2.45) is 0 Å². The summed E-state index contributed by atoms with van der Waals surface area (Å²) >= 11 is 3.63. The van der Waals surface area contributed by atoms with Gasteiger partial charge in [0.2, 0.25) is 0 Å². The van der Waals surface area contributed by atoms with Crippen molar-refractivity contribution < 1.29 is 0 Å². The van der Waals surface area contributed by atoms with Gasteiger partial charge in [0.05, 0.1) is 11.0 Å². The van der Waals surface area contributed by atoms with E-state index in [9.17, 15) is 0 Å². The highest BCUT2D eigenvalue weighted by Gasteiger charge is 2.13. The van der Waals surface area contributed by atoms with Crippen LogP contribution >= 0.6 is 15.9 Å². The molecule has 1 aromatic heterocycles. The van der Waals surface area contributed by atoms with Gasteiger partial charge in [-0.2, -0.15) is 0 Å². The van der Waals surface area contributed by atoms with Crippen LogP contribution in [0.15, 0.2) is 95.5 Å². The molecule has 0 aliphatic heterocycles. The molecule has 5 rings (SSSR count). The van der Waals surface area contributed by atoms with Gasteiger partial charge in [-0.15, -0.1) is 0 Å². The zero-order chi connectivity index (χ0) is 18.4. The number of halogens is 1. The van der Waals surface area contributed by atoms with E-state index in [4.69, 9.17) is 0 Å². The van der Waals surface area contributed by atoms with Gasteiger partial charge in [-0.1, -0.05) is 64.5 Å². The fourth-order valence-electron chi connectivity index (χ4n) is 3.91. The van der Waals surface area contributed by atoms with Crippen LogP contribution in [0.3, 0.4) is 0 Å². The Hall–Kier alpha value is -2.84. The van der Waals surface area contributed by atoms with E-state index in [-0.39, 0.29) is 0 Å². The number of hydrogen-bond acceptors (Lipinski definition) is 0. The van der Waals surface area contributed by atoms with Crippen LogP contribution in [0.25, 0.3) is 38.6 Å². The molecule has 0 saturated heterocycles. The van der Waals surface area contributed by atoms with Crippen molar-refractivity contribution in [1.82, 2.24) is 4.57 Å². The second-order valence-corrected chi connectivity index (χ2v) is 7.85. The third kappa shape index (κ3) is 2.77. The predicted octanol–water partition coefficient (Wildman–Crippen LogP) is 7.52. The standard InChI is InChI=1S/C25H18BrN/c1-17-13-19(15-20(26)14-17)18-11-12-25-23(16-18)22-9-5-6-10-24(22)27(25)21-7-3-2-4-8-21/h2-16H,1H3. The van der Waals surface area contributed by atoms with Gasteiger partial charge in [0.1, 0.15) is 0 Å². The van der Waals surface area contributed by atoms with E-state index in [0.29, 0.717) is 0 Å². The number of nitrogens with zero attached hydrogens (tertiary/aromatic N) is 1. The largest absolute Gasteiger partial charge is 0.309 e. The molecule has 1 nitrogen and oxygen atoms in total. The number of rotatable bonds is 2. The first-order valence-corrected chi connectivity index (χ1v) is 9.86. The van der Waals surface area contributed by atoms with E-state index in [0.717, 1.165) is 4.47 Å². The van der Waals surface area contributed by atoms with E-state index < -0.39 is 0 Å². The first-order chi connectivity index (χ1) is 13.2. The number of benzene rings is 4. The lowest BCUT2D eigenvalue weighted by atomic mass is 10.0. The topological polar surface area (TPSA) is 4.93 Å². The molecule has 0 saturated carbocycles. The molecule has 0 fully saturated rings. The fraction of sp³-hybridized carbons (Fsp3) is 0.0400. The lowest BCUT2D eigenvalue weighted by molar-refractivity contribution is 1.18. The number of aryl methyl sites for hydroxylation is 1. The average molecular weight is 412 g/mol. The van der Waals surface area contributed by atoms with Crippen molar-refractivity contribution in [3.63, 3.8) is 0 Å². The molecule has 0 aliphatic rings. The van der Waals surface area contributed by atoms with Crippen LogP contribution in [0.5, 0.6) is 0 Å².